The first kappa shape index (κ1) is 10.2. The summed E-state index contributed by atoms with van der Waals surface area (Å²) in [4.78, 5) is 2.33. The van der Waals surface area contributed by atoms with Crippen molar-refractivity contribution in [1.29, 1.82) is 0 Å². The fraction of sp³-hybridized carbons (Fsp3) is 0.385. The third-order valence-corrected chi connectivity index (χ3v) is 2.65. The molecule has 15 heavy (non-hydrogen) atoms. The van der Waals surface area contributed by atoms with Gasteiger partial charge in [-0.25, -0.2) is 0 Å². The van der Waals surface area contributed by atoms with Gasteiger partial charge >= 0.3 is 0 Å². The van der Waals surface area contributed by atoms with Crippen LogP contribution in [-0.2, 0) is 4.74 Å². The molecule has 1 aliphatic heterocycles. The lowest BCUT2D eigenvalue weighted by Gasteiger charge is -2.26. The van der Waals surface area contributed by atoms with Crippen molar-refractivity contribution in [2.75, 3.05) is 26.3 Å². The van der Waals surface area contributed by atoms with Gasteiger partial charge in [0.25, 0.3) is 0 Å². The lowest BCUT2D eigenvalue weighted by Crippen LogP contribution is -2.32. The Balaban J connectivity index is 2.06. The highest BCUT2D eigenvalue weighted by Crippen LogP contribution is 2.14. The van der Waals surface area contributed by atoms with Crippen LogP contribution in [0.15, 0.2) is 36.5 Å². The van der Waals surface area contributed by atoms with Gasteiger partial charge in [-0.1, -0.05) is 30.3 Å². The summed E-state index contributed by atoms with van der Waals surface area (Å²) in [6, 6.07) is 10.5. The fourth-order valence-electron chi connectivity index (χ4n) is 1.76. The van der Waals surface area contributed by atoms with Gasteiger partial charge in [-0.2, -0.15) is 0 Å². The van der Waals surface area contributed by atoms with Crippen molar-refractivity contribution in [2.45, 2.75) is 6.92 Å². The summed E-state index contributed by atoms with van der Waals surface area (Å²) in [6.45, 7) is 5.86. The van der Waals surface area contributed by atoms with E-state index in [9.17, 15) is 0 Å². The average molecular weight is 203 g/mol. The third-order valence-electron chi connectivity index (χ3n) is 2.65. The van der Waals surface area contributed by atoms with Gasteiger partial charge < -0.3 is 9.64 Å². The lowest BCUT2D eigenvalue weighted by molar-refractivity contribution is 0.0596. The summed E-state index contributed by atoms with van der Waals surface area (Å²) in [6.07, 6.45) is 2.23. The van der Waals surface area contributed by atoms with Gasteiger partial charge in [-0.05, 0) is 18.1 Å². The summed E-state index contributed by atoms with van der Waals surface area (Å²) in [5.74, 6) is 0. The first-order valence-electron chi connectivity index (χ1n) is 5.42. The van der Waals surface area contributed by atoms with E-state index < -0.39 is 0 Å². The van der Waals surface area contributed by atoms with Crippen molar-refractivity contribution >= 4 is 5.57 Å². The van der Waals surface area contributed by atoms with E-state index in [2.05, 4.69) is 42.3 Å². The van der Waals surface area contributed by atoms with Crippen molar-refractivity contribution in [3.8, 4) is 0 Å². The second-order valence-corrected chi connectivity index (χ2v) is 3.83. The monoisotopic (exact) mass is 203 g/mol. The minimum Gasteiger partial charge on any atom is -0.378 e. The molecule has 0 spiro atoms. The van der Waals surface area contributed by atoms with E-state index in [4.69, 9.17) is 4.74 Å². The summed E-state index contributed by atoms with van der Waals surface area (Å²) in [7, 11) is 0. The van der Waals surface area contributed by atoms with Gasteiger partial charge in [0, 0.05) is 19.3 Å². The molecular weight excluding hydrogens is 186 g/mol. The number of hydrogen-bond donors (Lipinski definition) is 0. The van der Waals surface area contributed by atoms with Crippen LogP contribution in [0, 0.1) is 0 Å². The quantitative estimate of drug-likeness (QED) is 0.731. The molecule has 0 N–H and O–H groups in total. The van der Waals surface area contributed by atoms with Crippen LogP contribution < -0.4 is 0 Å². The van der Waals surface area contributed by atoms with Crippen molar-refractivity contribution in [2.24, 2.45) is 0 Å². The highest BCUT2D eigenvalue weighted by atomic mass is 16.5. The van der Waals surface area contributed by atoms with Crippen LogP contribution in [0.4, 0.5) is 0 Å². The number of ether oxygens (including phenoxy) is 1. The molecule has 1 saturated heterocycles. The summed E-state index contributed by atoms with van der Waals surface area (Å²) in [5, 5.41) is 0. The first-order valence-corrected chi connectivity index (χ1v) is 5.42. The molecule has 2 nitrogen and oxygen atoms in total. The molecule has 1 heterocycles. The zero-order valence-electron chi connectivity index (χ0n) is 9.15. The molecule has 1 fully saturated rings. The molecule has 0 bridgehead atoms. The largest absolute Gasteiger partial charge is 0.378 e. The minimum absolute atomic E-state index is 0.846. The van der Waals surface area contributed by atoms with E-state index >= 15 is 0 Å². The second-order valence-electron chi connectivity index (χ2n) is 3.83. The Bertz CT molecular complexity index is 326. The maximum absolute atomic E-state index is 5.32. The minimum atomic E-state index is 0.846. The lowest BCUT2D eigenvalue weighted by atomic mass is 10.1. The highest BCUT2D eigenvalue weighted by molar-refractivity contribution is 5.63. The maximum Gasteiger partial charge on any atom is 0.0642 e. The van der Waals surface area contributed by atoms with E-state index in [0.29, 0.717) is 0 Å². The number of rotatable bonds is 2. The van der Waals surface area contributed by atoms with Crippen LogP contribution in [0.5, 0.6) is 0 Å². The van der Waals surface area contributed by atoms with Gasteiger partial charge in [-0.15, -0.1) is 0 Å². The molecule has 1 aromatic rings. The van der Waals surface area contributed by atoms with Crippen LogP contribution >= 0.6 is 0 Å². The normalized spacial score (nSPS) is 17.9. The molecule has 2 heteroatoms. The molecule has 0 aliphatic carbocycles. The van der Waals surface area contributed by atoms with E-state index in [0.717, 1.165) is 26.3 Å². The topological polar surface area (TPSA) is 12.5 Å². The molecule has 0 amide bonds. The predicted molar refractivity (Wildman–Crippen MR) is 62.5 cm³/mol. The van der Waals surface area contributed by atoms with Gasteiger partial charge in [0.1, 0.15) is 0 Å². The molecule has 0 saturated carbocycles. The molecule has 2 rings (SSSR count). The Hall–Kier alpha value is -1.28. The zero-order chi connectivity index (χ0) is 10.5. The van der Waals surface area contributed by atoms with E-state index in [1.165, 1.54) is 11.1 Å². The number of allylic oxidation sites excluding steroid dienone is 1. The molecule has 80 valence electrons. The van der Waals surface area contributed by atoms with Crippen molar-refractivity contribution < 1.29 is 4.74 Å². The summed E-state index contributed by atoms with van der Waals surface area (Å²) in [5.41, 5.74) is 2.61. The van der Waals surface area contributed by atoms with Crippen molar-refractivity contribution in [3.63, 3.8) is 0 Å². The van der Waals surface area contributed by atoms with Gasteiger partial charge in [-0.3, -0.25) is 0 Å². The molecular formula is C13H17NO. The predicted octanol–water partition coefficient (Wildman–Crippen LogP) is 2.38. The average Bonchev–Trinajstić information content (AvgIpc) is 2.31. The van der Waals surface area contributed by atoms with Crippen LogP contribution in [-0.4, -0.2) is 31.2 Å². The molecule has 0 unspecified atom stereocenters. The number of nitrogens with zero attached hydrogens (tertiary/aromatic N) is 1. The Labute approximate surface area is 91.2 Å². The van der Waals surface area contributed by atoms with Crippen LogP contribution in [0.1, 0.15) is 12.5 Å². The fourth-order valence-corrected chi connectivity index (χ4v) is 1.76. The Morgan fingerprint density at radius 2 is 1.87 bits per heavy atom. The van der Waals surface area contributed by atoms with Gasteiger partial charge in [0.15, 0.2) is 0 Å². The Kier molecular flexibility index (Phi) is 3.41. The molecule has 0 aromatic heterocycles. The van der Waals surface area contributed by atoms with Crippen molar-refractivity contribution in [1.82, 2.24) is 4.90 Å². The van der Waals surface area contributed by atoms with E-state index in [1.54, 1.807) is 0 Å². The SMILES string of the molecule is C/C(=C\N1CCOCC1)c1ccccc1. The molecule has 1 aromatic carbocycles. The van der Waals surface area contributed by atoms with E-state index in [1.807, 2.05) is 6.07 Å². The highest BCUT2D eigenvalue weighted by Gasteiger charge is 2.06. The van der Waals surface area contributed by atoms with Crippen LogP contribution in [0.2, 0.25) is 0 Å². The maximum atomic E-state index is 5.32. The van der Waals surface area contributed by atoms with Crippen LogP contribution in [0.25, 0.3) is 5.57 Å². The van der Waals surface area contributed by atoms with Crippen molar-refractivity contribution in [3.05, 3.63) is 42.1 Å². The standard InChI is InChI=1S/C13H17NO/c1-12(13-5-3-2-4-6-13)11-14-7-9-15-10-8-14/h2-6,11H,7-10H2,1H3/b12-11+. The van der Waals surface area contributed by atoms with Gasteiger partial charge in [0.05, 0.1) is 13.2 Å². The first-order chi connectivity index (χ1) is 7.36. The molecule has 1 aliphatic rings. The Morgan fingerprint density at radius 3 is 2.53 bits per heavy atom. The second kappa shape index (κ2) is 4.99. The Morgan fingerprint density at radius 1 is 1.20 bits per heavy atom. The van der Waals surface area contributed by atoms with Crippen LogP contribution in [0.3, 0.4) is 0 Å². The number of hydrogen-bond acceptors (Lipinski definition) is 2. The smallest absolute Gasteiger partial charge is 0.0642 e. The summed E-state index contributed by atoms with van der Waals surface area (Å²) < 4.78 is 5.32. The van der Waals surface area contributed by atoms with Gasteiger partial charge in [0.2, 0.25) is 0 Å². The van der Waals surface area contributed by atoms with E-state index in [-0.39, 0.29) is 0 Å². The number of benzene rings is 1. The zero-order valence-corrected chi connectivity index (χ0v) is 9.15. The molecule has 0 radical (unpaired) electrons. The summed E-state index contributed by atoms with van der Waals surface area (Å²) >= 11 is 0. The third kappa shape index (κ3) is 2.83. The number of morpholine rings is 1. The molecule has 0 atom stereocenters.